The first-order valence-corrected chi connectivity index (χ1v) is 4.44. The van der Waals surface area contributed by atoms with Crippen LogP contribution in [0.3, 0.4) is 0 Å². The maximum absolute atomic E-state index is 10.5. The van der Waals surface area contributed by atoms with Gasteiger partial charge in [-0.1, -0.05) is 0 Å². The van der Waals surface area contributed by atoms with Gasteiger partial charge in [-0.2, -0.15) is 0 Å². The second kappa shape index (κ2) is 5.40. The van der Waals surface area contributed by atoms with Gasteiger partial charge in [-0.15, -0.1) is 0 Å². The molecular formula is C10H8N2O5. The number of allylic oxidation sites excluding steroid dienone is 1. The summed E-state index contributed by atoms with van der Waals surface area (Å²) in [4.78, 5) is 30.3. The van der Waals surface area contributed by atoms with Crippen LogP contribution in [0.4, 0.5) is 5.69 Å². The number of hydrogen-bond donors (Lipinski definition) is 2. The van der Waals surface area contributed by atoms with E-state index >= 15 is 0 Å². The third kappa shape index (κ3) is 3.42. The molecule has 0 spiro atoms. The molecule has 0 aromatic heterocycles. The molecule has 0 amide bonds. The topological polar surface area (TPSA) is 110 Å². The van der Waals surface area contributed by atoms with E-state index in [0.717, 1.165) is 6.20 Å². The lowest BCUT2D eigenvalue weighted by molar-refractivity contribution is -0.417. The first kappa shape index (κ1) is 12.4. The smallest absolute Gasteiger partial charge is 0.335 e. The Morgan fingerprint density at radius 2 is 1.94 bits per heavy atom. The molecule has 1 rings (SSSR count). The zero-order valence-electron chi connectivity index (χ0n) is 8.49. The number of nitrogens with one attached hydrogen (secondary N) is 1. The van der Waals surface area contributed by atoms with Gasteiger partial charge in [-0.3, -0.25) is 14.9 Å². The Morgan fingerprint density at radius 3 is 2.35 bits per heavy atom. The van der Waals surface area contributed by atoms with Gasteiger partial charge in [0.15, 0.2) is 0 Å². The monoisotopic (exact) mass is 236 g/mol. The van der Waals surface area contributed by atoms with Crippen LogP contribution in [0, 0.1) is 10.1 Å². The molecule has 0 radical (unpaired) electrons. The Balaban J connectivity index is 2.79. The van der Waals surface area contributed by atoms with Crippen molar-refractivity contribution < 1.29 is 19.6 Å². The third-order valence-electron chi connectivity index (χ3n) is 1.85. The molecule has 0 saturated heterocycles. The molecule has 0 saturated carbocycles. The number of carboxylic acids is 1. The first-order chi connectivity index (χ1) is 8.04. The van der Waals surface area contributed by atoms with Gasteiger partial charge < -0.3 is 10.4 Å². The first-order valence-electron chi connectivity index (χ1n) is 4.44. The second-order valence-electron chi connectivity index (χ2n) is 2.97. The summed E-state index contributed by atoms with van der Waals surface area (Å²) in [6.45, 7) is 0. The molecule has 0 fully saturated rings. The number of carbonyl (C=O) groups excluding carboxylic acids is 1. The van der Waals surface area contributed by atoms with E-state index in [-0.39, 0.29) is 11.8 Å². The number of nitro groups is 1. The Labute approximate surface area is 95.5 Å². The number of aldehydes is 1. The van der Waals surface area contributed by atoms with E-state index in [0.29, 0.717) is 5.69 Å². The van der Waals surface area contributed by atoms with Crippen molar-refractivity contribution in [2.75, 3.05) is 5.32 Å². The molecule has 0 atom stereocenters. The number of benzene rings is 1. The van der Waals surface area contributed by atoms with Crippen LogP contribution in [-0.4, -0.2) is 22.3 Å². The zero-order valence-corrected chi connectivity index (χ0v) is 8.49. The van der Waals surface area contributed by atoms with E-state index in [1.165, 1.54) is 24.3 Å². The molecule has 7 heteroatoms. The summed E-state index contributed by atoms with van der Waals surface area (Å²) in [5.74, 6) is -1.06. The highest BCUT2D eigenvalue weighted by atomic mass is 16.6. The van der Waals surface area contributed by atoms with E-state index in [4.69, 9.17) is 5.11 Å². The number of carbonyl (C=O) groups is 2. The number of hydrogen-bond acceptors (Lipinski definition) is 5. The number of anilines is 1. The molecule has 88 valence electrons. The molecule has 0 heterocycles. The standard InChI is InChI=1S/C10H8N2O5/c13-6-9(12(16)17)5-11-8-3-1-7(2-4-8)10(14)15/h1-6,11H,(H,14,15)/b9-5-. The number of aromatic carboxylic acids is 1. The van der Waals surface area contributed by atoms with Crippen LogP contribution in [-0.2, 0) is 4.79 Å². The molecule has 0 aliphatic carbocycles. The van der Waals surface area contributed by atoms with Crippen LogP contribution >= 0.6 is 0 Å². The van der Waals surface area contributed by atoms with E-state index in [9.17, 15) is 19.7 Å². The largest absolute Gasteiger partial charge is 0.478 e. The summed E-state index contributed by atoms with van der Waals surface area (Å²) in [7, 11) is 0. The van der Waals surface area contributed by atoms with Gasteiger partial charge in [0.2, 0.25) is 6.29 Å². The Hall–Kier alpha value is -2.70. The maximum atomic E-state index is 10.5. The molecule has 0 aliphatic heterocycles. The van der Waals surface area contributed by atoms with E-state index in [2.05, 4.69) is 5.32 Å². The highest BCUT2D eigenvalue weighted by molar-refractivity contribution is 5.88. The SMILES string of the molecule is O=C/C(=C/Nc1ccc(C(=O)O)cc1)[N+](=O)[O-]. The van der Waals surface area contributed by atoms with Crippen molar-refractivity contribution in [1.29, 1.82) is 0 Å². The van der Waals surface area contributed by atoms with Crippen molar-refractivity contribution >= 4 is 17.9 Å². The van der Waals surface area contributed by atoms with Gasteiger partial charge in [0.1, 0.15) is 0 Å². The van der Waals surface area contributed by atoms with E-state index in [1.54, 1.807) is 0 Å². The molecule has 1 aromatic carbocycles. The molecule has 17 heavy (non-hydrogen) atoms. The quantitative estimate of drug-likeness (QED) is 0.343. The second-order valence-corrected chi connectivity index (χ2v) is 2.97. The van der Waals surface area contributed by atoms with Crippen molar-refractivity contribution in [2.45, 2.75) is 0 Å². The van der Waals surface area contributed by atoms with Crippen LogP contribution in [0.2, 0.25) is 0 Å². The minimum absolute atomic E-state index is 0.101. The average molecular weight is 236 g/mol. The highest BCUT2D eigenvalue weighted by Gasteiger charge is 2.07. The molecular weight excluding hydrogens is 228 g/mol. The van der Waals surface area contributed by atoms with Crippen molar-refractivity contribution in [3.05, 3.63) is 51.8 Å². The lowest BCUT2D eigenvalue weighted by atomic mass is 10.2. The predicted molar refractivity (Wildman–Crippen MR) is 58.2 cm³/mol. The molecule has 2 N–H and O–H groups in total. The van der Waals surface area contributed by atoms with Crippen molar-refractivity contribution in [1.82, 2.24) is 0 Å². The molecule has 0 aliphatic rings. The number of carboxylic acid groups (broad SMARTS) is 1. The van der Waals surface area contributed by atoms with Crippen LogP contribution in [0.15, 0.2) is 36.2 Å². The lowest BCUT2D eigenvalue weighted by Crippen LogP contribution is -2.03. The van der Waals surface area contributed by atoms with Gasteiger partial charge in [0.05, 0.1) is 16.7 Å². The molecule has 0 unspecified atom stereocenters. The normalized spacial score (nSPS) is 10.7. The molecule has 1 aromatic rings. The summed E-state index contributed by atoms with van der Waals surface area (Å²) < 4.78 is 0. The number of rotatable bonds is 5. The van der Waals surface area contributed by atoms with Crippen molar-refractivity contribution in [3.63, 3.8) is 0 Å². The third-order valence-corrected chi connectivity index (χ3v) is 1.85. The molecule has 0 bridgehead atoms. The summed E-state index contributed by atoms with van der Waals surface area (Å²) in [5, 5.41) is 21.4. The Bertz CT molecular complexity index is 478. The van der Waals surface area contributed by atoms with Crippen LogP contribution in [0.25, 0.3) is 0 Å². The Kier molecular flexibility index (Phi) is 3.93. The Morgan fingerprint density at radius 1 is 1.35 bits per heavy atom. The van der Waals surface area contributed by atoms with Crippen LogP contribution < -0.4 is 5.32 Å². The summed E-state index contributed by atoms with van der Waals surface area (Å²) >= 11 is 0. The minimum atomic E-state index is -1.06. The fraction of sp³-hybridized carbons (Fsp3) is 0. The summed E-state index contributed by atoms with van der Waals surface area (Å²) in [6, 6.07) is 5.54. The summed E-state index contributed by atoms with van der Waals surface area (Å²) in [6.07, 6.45) is 1.04. The van der Waals surface area contributed by atoms with Crippen molar-refractivity contribution in [2.24, 2.45) is 0 Å². The van der Waals surface area contributed by atoms with Gasteiger partial charge in [0.25, 0.3) is 0 Å². The summed E-state index contributed by atoms with van der Waals surface area (Å²) in [5.41, 5.74) is -0.0760. The minimum Gasteiger partial charge on any atom is -0.478 e. The van der Waals surface area contributed by atoms with Crippen molar-refractivity contribution in [3.8, 4) is 0 Å². The average Bonchev–Trinajstić information content (AvgIpc) is 2.30. The van der Waals surface area contributed by atoms with Crippen LogP contribution in [0.5, 0.6) is 0 Å². The van der Waals surface area contributed by atoms with Gasteiger partial charge in [0, 0.05) is 5.69 Å². The zero-order chi connectivity index (χ0) is 12.8. The van der Waals surface area contributed by atoms with E-state index in [1.807, 2.05) is 0 Å². The van der Waals surface area contributed by atoms with Gasteiger partial charge in [-0.25, -0.2) is 4.79 Å². The molecule has 7 nitrogen and oxygen atoms in total. The maximum Gasteiger partial charge on any atom is 0.335 e. The van der Waals surface area contributed by atoms with E-state index < -0.39 is 16.6 Å². The number of nitrogens with zero attached hydrogens (tertiary/aromatic N) is 1. The fourth-order valence-electron chi connectivity index (χ4n) is 0.996. The van der Waals surface area contributed by atoms with Gasteiger partial charge >= 0.3 is 11.7 Å². The van der Waals surface area contributed by atoms with Crippen LogP contribution in [0.1, 0.15) is 10.4 Å². The fourth-order valence-corrected chi connectivity index (χ4v) is 0.996. The lowest BCUT2D eigenvalue weighted by Gasteiger charge is -2.00. The van der Waals surface area contributed by atoms with Gasteiger partial charge in [-0.05, 0) is 24.3 Å². The highest BCUT2D eigenvalue weighted by Crippen LogP contribution is 2.09. The predicted octanol–water partition coefficient (Wildman–Crippen LogP) is 1.11.